The Morgan fingerprint density at radius 1 is 0.921 bits per heavy atom. The summed E-state index contributed by atoms with van der Waals surface area (Å²) >= 11 is 0. The lowest BCUT2D eigenvalue weighted by atomic mass is 9.89. The molecule has 0 saturated carbocycles. The molecule has 2 aromatic rings. The normalized spacial score (nSPS) is 15.4. The molecule has 8 heteroatoms. The van der Waals surface area contributed by atoms with Gasteiger partial charge in [-0.05, 0) is 64.5 Å². The van der Waals surface area contributed by atoms with Crippen molar-refractivity contribution >= 4 is 17.9 Å². The minimum absolute atomic E-state index is 0.0145. The number of piperidine rings is 1. The van der Waals surface area contributed by atoms with Crippen LogP contribution in [0.25, 0.3) is 0 Å². The van der Waals surface area contributed by atoms with E-state index in [2.05, 4.69) is 22.8 Å². The molecule has 206 valence electrons. The first-order valence-corrected chi connectivity index (χ1v) is 13.2. The van der Waals surface area contributed by atoms with Crippen molar-refractivity contribution in [3.05, 3.63) is 71.8 Å². The maximum absolute atomic E-state index is 13.6. The minimum atomic E-state index is -1.30. The first-order chi connectivity index (χ1) is 17.9. The van der Waals surface area contributed by atoms with E-state index in [1.807, 2.05) is 48.5 Å². The van der Waals surface area contributed by atoms with Gasteiger partial charge >= 0.3 is 6.09 Å². The smallest absolute Gasteiger partial charge is 0.408 e. The lowest BCUT2D eigenvalue weighted by molar-refractivity contribution is -0.140. The van der Waals surface area contributed by atoms with Crippen LogP contribution in [0.1, 0.15) is 64.5 Å². The number of alkyl carbamates (subject to hydrolysis) is 1. The van der Waals surface area contributed by atoms with Crippen molar-refractivity contribution in [1.29, 1.82) is 0 Å². The summed E-state index contributed by atoms with van der Waals surface area (Å²) in [6.07, 6.45) is 1.00. The number of nitrogens with one attached hydrogen (secondary N) is 2. The highest BCUT2D eigenvalue weighted by Gasteiger charge is 2.36. The van der Waals surface area contributed by atoms with Gasteiger partial charge in [0.1, 0.15) is 17.2 Å². The fourth-order valence-corrected chi connectivity index (χ4v) is 4.38. The van der Waals surface area contributed by atoms with E-state index in [0.717, 1.165) is 18.4 Å². The molecule has 3 rings (SSSR count). The lowest BCUT2D eigenvalue weighted by Gasteiger charge is -2.35. The van der Waals surface area contributed by atoms with Crippen molar-refractivity contribution < 1.29 is 23.9 Å². The summed E-state index contributed by atoms with van der Waals surface area (Å²) in [5.74, 6) is -0.283. The van der Waals surface area contributed by atoms with Gasteiger partial charge in [0.25, 0.3) is 0 Å². The lowest BCUT2D eigenvalue weighted by Crippen LogP contribution is -2.61. The molecule has 0 bridgehead atoms. The number of nitrogens with zero attached hydrogens (tertiary/aromatic N) is 1. The number of hydrogen-bond acceptors (Lipinski definition) is 5. The number of carbonyl (C=O) groups is 3. The van der Waals surface area contributed by atoms with E-state index in [-0.39, 0.29) is 12.5 Å². The van der Waals surface area contributed by atoms with Gasteiger partial charge in [0, 0.05) is 13.1 Å². The minimum Gasteiger partial charge on any atom is -0.444 e. The molecule has 1 fully saturated rings. The summed E-state index contributed by atoms with van der Waals surface area (Å²) in [6, 6.07) is 19.1. The van der Waals surface area contributed by atoms with Gasteiger partial charge in [0.2, 0.25) is 11.8 Å². The second kappa shape index (κ2) is 12.9. The topological polar surface area (TPSA) is 97.0 Å². The largest absolute Gasteiger partial charge is 0.444 e. The van der Waals surface area contributed by atoms with Crippen LogP contribution in [-0.2, 0) is 25.7 Å². The Kier molecular flexibility index (Phi) is 9.91. The Labute approximate surface area is 226 Å². The van der Waals surface area contributed by atoms with Crippen molar-refractivity contribution in [1.82, 2.24) is 15.5 Å². The van der Waals surface area contributed by atoms with E-state index in [1.54, 1.807) is 39.5 Å². The van der Waals surface area contributed by atoms with Gasteiger partial charge in [-0.2, -0.15) is 0 Å². The SMILES string of the molecule is CC(C)(C)OC(=O)NC(C)(C)C(=O)N[C@H](COCc1ccccc1)C(=O)N1CCC(c2ccccc2)CC1. The average molecular weight is 524 g/mol. The van der Waals surface area contributed by atoms with E-state index in [4.69, 9.17) is 9.47 Å². The summed E-state index contributed by atoms with van der Waals surface area (Å²) in [5, 5.41) is 5.43. The summed E-state index contributed by atoms with van der Waals surface area (Å²) in [7, 11) is 0. The summed E-state index contributed by atoms with van der Waals surface area (Å²) in [6.45, 7) is 9.93. The Morgan fingerprint density at radius 3 is 2.08 bits per heavy atom. The van der Waals surface area contributed by atoms with Gasteiger partial charge in [0.05, 0.1) is 13.2 Å². The predicted octanol–water partition coefficient (Wildman–Crippen LogP) is 4.40. The Balaban J connectivity index is 1.65. The molecule has 2 aromatic carbocycles. The van der Waals surface area contributed by atoms with Crippen molar-refractivity contribution in [2.45, 2.75) is 77.2 Å². The third-order valence-electron chi connectivity index (χ3n) is 6.46. The molecule has 0 unspecified atom stereocenters. The predicted molar refractivity (Wildman–Crippen MR) is 146 cm³/mol. The van der Waals surface area contributed by atoms with Crippen LogP contribution < -0.4 is 10.6 Å². The van der Waals surface area contributed by atoms with E-state index in [9.17, 15) is 14.4 Å². The number of likely N-dealkylation sites (tertiary alicyclic amines) is 1. The number of carbonyl (C=O) groups excluding carboxylic acids is 3. The molecule has 0 aliphatic carbocycles. The number of ether oxygens (including phenoxy) is 2. The highest BCUT2D eigenvalue weighted by Crippen LogP contribution is 2.28. The Morgan fingerprint density at radius 2 is 1.50 bits per heavy atom. The Hall–Kier alpha value is -3.39. The van der Waals surface area contributed by atoms with Crippen LogP contribution in [0.2, 0.25) is 0 Å². The third kappa shape index (κ3) is 8.87. The van der Waals surface area contributed by atoms with Crippen molar-refractivity contribution in [2.24, 2.45) is 0 Å². The van der Waals surface area contributed by atoms with Crippen LogP contribution in [0.3, 0.4) is 0 Å². The molecule has 1 atom stereocenters. The molecule has 1 heterocycles. The van der Waals surface area contributed by atoms with Crippen LogP contribution in [0.4, 0.5) is 4.79 Å². The monoisotopic (exact) mass is 523 g/mol. The summed E-state index contributed by atoms with van der Waals surface area (Å²) < 4.78 is 11.2. The molecule has 1 aliphatic rings. The van der Waals surface area contributed by atoms with Gasteiger partial charge in [0.15, 0.2) is 0 Å². The zero-order chi connectivity index (χ0) is 27.8. The highest BCUT2D eigenvalue weighted by molar-refractivity contribution is 5.93. The molecule has 1 saturated heterocycles. The molecule has 38 heavy (non-hydrogen) atoms. The number of rotatable bonds is 9. The molecular formula is C30H41N3O5. The average Bonchev–Trinajstić information content (AvgIpc) is 2.87. The fraction of sp³-hybridized carbons (Fsp3) is 0.500. The standard InChI is InChI=1S/C30H41N3O5/c1-29(2,3)38-28(36)32-30(4,5)27(35)31-25(21-37-20-22-12-8-6-9-13-22)26(34)33-18-16-24(17-19-33)23-14-10-7-11-15-23/h6-15,24-25H,16-21H2,1-5H3,(H,31,35)(H,32,36)/t25-/m1/s1. The van der Waals surface area contributed by atoms with E-state index in [1.165, 1.54) is 5.56 Å². The van der Waals surface area contributed by atoms with Crippen LogP contribution >= 0.6 is 0 Å². The molecule has 0 aromatic heterocycles. The third-order valence-corrected chi connectivity index (χ3v) is 6.46. The van der Waals surface area contributed by atoms with E-state index < -0.39 is 29.2 Å². The molecule has 3 amide bonds. The molecule has 2 N–H and O–H groups in total. The van der Waals surface area contributed by atoms with E-state index in [0.29, 0.717) is 25.6 Å². The number of hydrogen-bond donors (Lipinski definition) is 2. The van der Waals surface area contributed by atoms with Crippen molar-refractivity contribution in [2.75, 3.05) is 19.7 Å². The van der Waals surface area contributed by atoms with Crippen LogP contribution in [-0.4, -0.2) is 59.7 Å². The van der Waals surface area contributed by atoms with Gasteiger partial charge < -0.3 is 25.0 Å². The van der Waals surface area contributed by atoms with Crippen LogP contribution in [0.15, 0.2) is 60.7 Å². The maximum atomic E-state index is 13.6. The Bertz CT molecular complexity index is 1060. The van der Waals surface area contributed by atoms with Gasteiger partial charge in [-0.15, -0.1) is 0 Å². The highest BCUT2D eigenvalue weighted by atomic mass is 16.6. The van der Waals surface area contributed by atoms with Gasteiger partial charge in [-0.3, -0.25) is 9.59 Å². The van der Waals surface area contributed by atoms with Gasteiger partial charge in [-0.1, -0.05) is 60.7 Å². The van der Waals surface area contributed by atoms with Crippen molar-refractivity contribution in [3.8, 4) is 0 Å². The molecule has 8 nitrogen and oxygen atoms in total. The van der Waals surface area contributed by atoms with Crippen LogP contribution in [0.5, 0.6) is 0 Å². The molecular weight excluding hydrogens is 482 g/mol. The molecule has 0 radical (unpaired) electrons. The first-order valence-electron chi connectivity index (χ1n) is 13.2. The van der Waals surface area contributed by atoms with Crippen molar-refractivity contribution in [3.63, 3.8) is 0 Å². The van der Waals surface area contributed by atoms with Crippen LogP contribution in [0, 0.1) is 0 Å². The number of benzene rings is 2. The zero-order valence-corrected chi connectivity index (χ0v) is 23.2. The first kappa shape index (κ1) is 29.2. The summed E-state index contributed by atoms with van der Waals surface area (Å²) in [4.78, 5) is 40.9. The summed E-state index contributed by atoms with van der Waals surface area (Å²) in [5.41, 5.74) is 0.249. The maximum Gasteiger partial charge on any atom is 0.408 e. The zero-order valence-electron chi connectivity index (χ0n) is 23.2. The second-order valence-corrected chi connectivity index (χ2v) is 11.3. The quantitative estimate of drug-likeness (QED) is 0.508. The number of amides is 3. The molecule has 0 spiro atoms. The van der Waals surface area contributed by atoms with Gasteiger partial charge in [-0.25, -0.2) is 4.79 Å². The molecule has 1 aliphatic heterocycles. The van der Waals surface area contributed by atoms with E-state index >= 15 is 0 Å². The fourth-order valence-electron chi connectivity index (χ4n) is 4.38. The second-order valence-electron chi connectivity index (χ2n) is 11.3.